The van der Waals surface area contributed by atoms with Crippen LogP contribution in [0.5, 0.6) is 5.75 Å². The average Bonchev–Trinajstić information content (AvgIpc) is 2.78. The molecule has 3 aromatic rings. The third kappa shape index (κ3) is 4.61. The lowest BCUT2D eigenvalue weighted by Crippen LogP contribution is -2.47. The Morgan fingerprint density at radius 3 is 2.77 bits per heavy atom. The molecule has 0 saturated carbocycles. The van der Waals surface area contributed by atoms with Gasteiger partial charge in [-0.1, -0.05) is 15.9 Å². The number of piperidine rings is 1. The van der Waals surface area contributed by atoms with Gasteiger partial charge in [-0.3, -0.25) is 9.78 Å². The number of hydrogen-bond acceptors (Lipinski definition) is 5. The van der Waals surface area contributed by atoms with E-state index in [1.807, 2.05) is 11.0 Å². The molecular weight excluding hydrogens is 470 g/mol. The molecule has 1 amide bonds. The summed E-state index contributed by atoms with van der Waals surface area (Å²) in [5, 5.41) is 3.19. The number of hydrogen-bond donors (Lipinski definition) is 1. The zero-order valence-electron chi connectivity index (χ0n) is 16.9. The monoisotopic (exact) mass is 490 g/mol. The highest BCUT2D eigenvalue weighted by atomic mass is 79.9. The normalized spacial score (nSPS) is 16.4. The lowest BCUT2D eigenvalue weighted by atomic mass is 10.0. The van der Waals surface area contributed by atoms with Crippen molar-refractivity contribution in [3.63, 3.8) is 0 Å². The molecule has 0 spiro atoms. The Morgan fingerprint density at radius 2 is 2.00 bits per heavy atom. The highest BCUT2D eigenvalue weighted by molar-refractivity contribution is 9.10. The van der Waals surface area contributed by atoms with Crippen LogP contribution in [0, 0.1) is 11.6 Å². The van der Waals surface area contributed by atoms with Gasteiger partial charge in [-0.05, 0) is 37.5 Å². The number of rotatable bonds is 5. The number of carbonyl (C=O) groups is 1. The van der Waals surface area contributed by atoms with Crippen molar-refractivity contribution in [3.05, 3.63) is 58.2 Å². The fourth-order valence-electron chi connectivity index (χ4n) is 3.80. The number of methoxy groups -OCH3 is 1. The van der Waals surface area contributed by atoms with E-state index in [0.717, 1.165) is 35.9 Å². The molecule has 1 saturated heterocycles. The van der Waals surface area contributed by atoms with Crippen molar-refractivity contribution in [3.8, 4) is 5.75 Å². The van der Waals surface area contributed by atoms with Gasteiger partial charge in [-0.15, -0.1) is 0 Å². The molecule has 162 valence electrons. The summed E-state index contributed by atoms with van der Waals surface area (Å²) in [6, 6.07) is 7.36. The fraction of sp³-hybridized carbons (Fsp3) is 0.318. The largest absolute Gasteiger partial charge is 0.496 e. The van der Waals surface area contributed by atoms with Gasteiger partial charge in [0.1, 0.15) is 11.6 Å². The lowest BCUT2D eigenvalue weighted by molar-refractivity contribution is 0.0625. The van der Waals surface area contributed by atoms with Crippen molar-refractivity contribution in [1.29, 1.82) is 0 Å². The van der Waals surface area contributed by atoms with Crippen LogP contribution in [0.25, 0.3) is 11.0 Å². The Bertz CT molecular complexity index is 1130. The maximum Gasteiger partial charge on any atom is 0.257 e. The van der Waals surface area contributed by atoms with E-state index >= 15 is 0 Å². The molecule has 0 bridgehead atoms. The SMILES string of the molecule is COc1ccc(Br)cc1C(=O)N1CCCC[C@H]1CNc1cnc2cc(F)c(F)cc2n1. The predicted octanol–water partition coefficient (Wildman–Crippen LogP) is 4.79. The summed E-state index contributed by atoms with van der Waals surface area (Å²) in [5.74, 6) is -1.05. The Hall–Kier alpha value is -2.81. The second-order valence-electron chi connectivity index (χ2n) is 7.38. The first-order valence-electron chi connectivity index (χ1n) is 9.96. The first-order valence-corrected chi connectivity index (χ1v) is 10.8. The van der Waals surface area contributed by atoms with Crippen LogP contribution >= 0.6 is 15.9 Å². The summed E-state index contributed by atoms with van der Waals surface area (Å²) in [7, 11) is 1.54. The first kappa shape index (κ1) is 21.4. The number of ether oxygens (including phenoxy) is 1. The van der Waals surface area contributed by atoms with Crippen molar-refractivity contribution in [1.82, 2.24) is 14.9 Å². The molecule has 2 heterocycles. The zero-order chi connectivity index (χ0) is 22.0. The predicted molar refractivity (Wildman–Crippen MR) is 117 cm³/mol. The highest BCUT2D eigenvalue weighted by Crippen LogP contribution is 2.27. The molecule has 6 nitrogen and oxygen atoms in total. The van der Waals surface area contributed by atoms with Gasteiger partial charge in [0.05, 0.1) is 29.9 Å². The number of nitrogens with zero attached hydrogens (tertiary/aromatic N) is 3. The second kappa shape index (κ2) is 9.13. The molecule has 1 fully saturated rings. The van der Waals surface area contributed by atoms with Gasteiger partial charge in [-0.25, -0.2) is 13.8 Å². The molecule has 2 aromatic carbocycles. The van der Waals surface area contributed by atoms with Crippen molar-refractivity contribution < 1.29 is 18.3 Å². The number of aromatic nitrogens is 2. The molecule has 1 aliphatic rings. The number of likely N-dealkylation sites (tertiary alicyclic amines) is 1. The van der Waals surface area contributed by atoms with Gasteiger partial charge in [0.15, 0.2) is 11.6 Å². The summed E-state index contributed by atoms with van der Waals surface area (Å²) < 4.78 is 33.1. The topological polar surface area (TPSA) is 67.3 Å². The quantitative estimate of drug-likeness (QED) is 0.556. The molecule has 1 aliphatic heterocycles. The molecule has 9 heteroatoms. The summed E-state index contributed by atoms with van der Waals surface area (Å²) in [5.41, 5.74) is 1.05. The molecule has 1 aromatic heterocycles. The van der Waals surface area contributed by atoms with E-state index in [1.165, 1.54) is 6.20 Å². The first-order chi connectivity index (χ1) is 15.0. The minimum absolute atomic E-state index is 0.0487. The van der Waals surface area contributed by atoms with Gasteiger partial charge in [0, 0.05) is 35.7 Å². The van der Waals surface area contributed by atoms with Crippen molar-refractivity contribution in [2.75, 3.05) is 25.5 Å². The van der Waals surface area contributed by atoms with E-state index in [2.05, 4.69) is 31.2 Å². The molecule has 4 rings (SSSR count). The van der Waals surface area contributed by atoms with Crippen LogP contribution in [0.1, 0.15) is 29.6 Å². The number of anilines is 1. The van der Waals surface area contributed by atoms with E-state index < -0.39 is 11.6 Å². The Balaban J connectivity index is 1.52. The molecule has 1 N–H and O–H groups in total. The number of fused-ring (bicyclic) bond motifs is 1. The van der Waals surface area contributed by atoms with Crippen LogP contribution in [-0.2, 0) is 0 Å². The van der Waals surface area contributed by atoms with Gasteiger partial charge in [0.25, 0.3) is 5.91 Å². The van der Waals surface area contributed by atoms with E-state index in [1.54, 1.807) is 19.2 Å². The third-order valence-corrected chi connectivity index (χ3v) is 5.88. The number of benzene rings is 2. The zero-order valence-corrected chi connectivity index (χ0v) is 18.5. The van der Waals surface area contributed by atoms with Gasteiger partial charge in [0.2, 0.25) is 0 Å². The smallest absolute Gasteiger partial charge is 0.257 e. The van der Waals surface area contributed by atoms with E-state index in [9.17, 15) is 13.6 Å². The van der Waals surface area contributed by atoms with Crippen molar-refractivity contribution >= 4 is 38.7 Å². The van der Waals surface area contributed by atoms with Crippen molar-refractivity contribution in [2.45, 2.75) is 25.3 Å². The van der Waals surface area contributed by atoms with E-state index in [0.29, 0.717) is 30.2 Å². The lowest BCUT2D eigenvalue weighted by Gasteiger charge is -2.36. The summed E-state index contributed by atoms with van der Waals surface area (Å²) >= 11 is 3.42. The Kier molecular flexibility index (Phi) is 6.31. The molecular formula is C22H21BrF2N4O2. The van der Waals surface area contributed by atoms with Crippen LogP contribution in [-0.4, -0.2) is 47.0 Å². The van der Waals surface area contributed by atoms with Gasteiger partial charge in [-0.2, -0.15) is 0 Å². The molecule has 0 unspecified atom stereocenters. The van der Waals surface area contributed by atoms with Crippen molar-refractivity contribution in [2.24, 2.45) is 0 Å². The standard InChI is InChI=1S/C22H21BrF2N4O2/c1-31-20-6-5-13(23)8-15(20)22(30)29-7-3-2-4-14(29)11-27-21-12-26-18-9-16(24)17(25)10-19(18)28-21/h5-6,8-10,12,14H,2-4,7,11H2,1H3,(H,27,28)/t14-/m0/s1. The molecule has 31 heavy (non-hydrogen) atoms. The Labute approximate surface area is 186 Å². The minimum Gasteiger partial charge on any atom is -0.496 e. The summed E-state index contributed by atoms with van der Waals surface area (Å²) in [4.78, 5) is 23.6. The summed E-state index contributed by atoms with van der Waals surface area (Å²) in [6.45, 7) is 1.11. The molecule has 0 aliphatic carbocycles. The number of amides is 1. The number of carbonyl (C=O) groups excluding carboxylic acids is 1. The van der Waals surface area contributed by atoms with Crippen LogP contribution < -0.4 is 10.1 Å². The van der Waals surface area contributed by atoms with E-state index in [-0.39, 0.29) is 23.0 Å². The number of nitrogens with one attached hydrogen (secondary N) is 1. The van der Waals surface area contributed by atoms with Crippen LogP contribution in [0.15, 0.2) is 41.0 Å². The van der Waals surface area contributed by atoms with Gasteiger partial charge >= 0.3 is 0 Å². The van der Waals surface area contributed by atoms with Gasteiger partial charge < -0.3 is 15.0 Å². The highest BCUT2D eigenvalue weighted by Gasteiger charge is 2.29. The number of halogens is 3. The molecule has 0 radical (unpaired) electrons. The maximum absolute atomic E-state index is 13.5. The summed E-state index contributed by atoms with van der Waals surface area (Å²) in [6.07, 6.45) is 4.26. The fourth-order valence-corrected chi connectivity index (χ4v) is 4.16. The van der Waals surface area contributed by atoms with Crippen LogP contribution in [0.2, 0.25) is 0 Å². The Morgan fingerprint density at radius 1 is 1.23 bits per heavy atom. The maximum atomic E-state index is 13.5. The average molecular weight is 491 g/mol. The minimum atomic E-state index is -0.967. The second-order valence-corrected chi connectivity index (χ2v) is 8.30. The molecule has 1 atom stereocenters. The third-order valence-electron chi connectivity index (χ3n) is 5.38. The van der Waals surface area contributed by atoms with E-state index in [4.69, 9.17) is 4.74 Å². The van der Waals surface area contributed by atoms with Crippen LogP contribution in [0.4, 0.5) is 14.6 Å². The van der Waals surface area contributed by atoms with Crippen LogP contribution in [0.3, 0.4) is 0 Å².